The van der Waals surface area contributed by atoms with Crippen molar-refractivity contribution in [1.29, 1.82) is 0 Å². The van der Waals surface area contributed by atoms with Crippen molar-refractivity contribution in [3.8, 4) is 11.6 Å². The van der Waals surface area contributed by atoms with Gasteiger partial charge in [0.15, 0.2) is 16.9 Å². The van der Waals surface area contributed by atoms with Crippen LogP contribution in [0.2, 0.25) is 0 Å². The topological polar surface area (TPSA) is 87.5 Å². The van der Waals surface area contributed by atoms with Gasteiger partial charge < -0.3 is 9.15 Å². The summed E-state index contributed by atoms with van der Waals surface area (Å²) >= 11 is 0. The monoisotopic (exact) mass is 387 g/mol. The Morgan fingerprint density at radius 1 is 1.10 bits per heavy atom. The first-order chi connectivity index (χ1) is 14.1. The lowest BCUT2D eigenvalue weighted by molar-refractivity contribution is -0.148. The number of furan rings is 1. The number of methoxy groups -OCH3 is 1. The number of hydrogen-bond acceptors (Lipinski definition) is 6. The van der Waals surface area contributed by atoms with Crippen molar-refractivity contribution in [3.05, 3.63) is 72.8 Å². The molecule has 8 heteroatoms. The van der Waals surface area contributed by atoms with E-state index >= 15 is 0 Å². The highest BCUT2D eigenvalue weighted by atomic mass is 16.5. The van der Waals surface area contributed by atoms with Crippen LogP contribution in [0.3, 0.4) is 0 Å². The van der Waals surface area contributed by atoms with Crippen LogP contribution in [0, 0.1) is 0 Å². The SMILES string of the molecule is COC(=O)C(C)(c1ccccc1)n1cc2c(ccn3nc(-c4ccco4)nc23)n1. The molecule has 0 saturated carbocycles. The molecule has 0 N–H and O–H groups in total. The number of esters is 1. The van der Waals surface area contributed by atoms with E-state index < -0.39 is 11.5 Å². The predicted molar refractivity (Wildman–Crippen MR) is 105 cm³/mol. The van der Waals surface area contributed by atoms with Crippen LogP contribution in [0.1, 0.15) is 12.5 Å². The number of fused-ring (bicyclic) bond motifs is 3. The Labute approximate surface area is 165 Å². The van der Waals surface area contributed by atoms with Gasteiger partial charge in [0.05, 0.1) is 24.3 Å². The molecule has 5 rings (SSSR count). The van der Waals surface area contributed by atoms with Crippen LogP contribution < -0.4 is 0 Å². The van der Waals surface area contributed by atoms with Gasteiger partial charge in [0.1, 0.15) is 0 Å². The Hall–Kier alpha value is -3.94. The third-order valence-electron chi connectivity index (χ3n) is 5.11. The molecule has 1 aromatic carbocycles. The number of carbonyl (C=O) groups excluding carboxylic acids is 1. The highest BCUT2D eigenvalue weighted by Gasteiger charge is 2.39. The zero-order chi connectivity index (χ0) is 20.0. The van der Waals surface area contributed by atoms with E-state index in [-0.39, 0.29) is 0 Å². The normalized spacial score (nSPS) is 13.6. The summed E-state index contributed by atoms with van der Waals surface area (Å²) in [6.07, 6.45) is 5.16. The molecule has 0 aliphatic rings. The van der Waals surface area contributed by atoms with Crippen molar-refractivity contribution in [2.45, 2.75) is 12.5 Å². The summed E-state index contributed by atoms with van der Waals surface area (Å²) in [6, 6.07) is 14.8. The quantitative estimate of drug-likeness (QED) is 0.440. The van der Waals surface area contributed by atoms with Crippen LogP contribution in [-0.4, -0.2) is 37.5 Å². The summed E-state index contributed by atoms with van der Waals surface area (Å²) in [5, 5.41) is 9.90. The maximum Gasteiger partial charge on any atom is 0.338 e. The Balaban J connectivity index is 1.72. The first kappa shape index (κ1) is 17.2. The molecule has 0 amide bonds. The third kappa shape index (κ3) is 2.53. The summed E-state index contributed by atoms with van der Waals surface area (Å²) in [5.41, 5.74) is 0.964. The molecule has 0 fully saturated rings. The van der Waals surface area contributed by atoms with Crippen LogP contribution in [0.5, 0.6) is 0 Å². The Bertz CT molecular complexity index is 1320. The standard InChI is InChI=1S/C21H17N5O3/c1-21(20(27)28-2,14-7-4-3-5-8-14)26-13-15-16(23-26)10-11-25-19(15)22-18(24-25)17-9-6-12-29-17/h3-13H,1-2H3. The molecule has 144 valence electrons. The van der Waals surface area contributed by atoms with E-state index in [1.54, 1.807) is 46.9 Å². The van der Waals surface area contributed by atoms with Crippen molar-refractivity contribution in [3.63, 3.8) is 0 Å². The van der Waals surface area contributed by atoms with Gasteiger partial charge in [-0.3, -0.25) is 0 Å². The lowest BCUT2D eigenvalue weighted by Gasteiger charge is -2.27. The Morgan fingerprint density at radius 2 is 1.93 bits per heavy atom. The summed E-state index contributed by atoms with van der Waals surface area (Å²) < 4.78 is 13.8. The number of rotatable bonds is 4. The number of nitrogens with zero attached hydrogens (tertiary/aromatic N) is 5. The van der Waals surface area contributed by atoms with Gasteiger partial charge in [0.2, 0.25) is 5.82 Å². The fourth-order valence-electron chi connectivity index (χ4n) is 3.48. The summed E-state index contributed by atoms with van der Waals surface area (Å²) in [7, 11) is 1.37. The minimum Gasteiger partial charge on any atom is -0.467 e. The summed E-state index contributed by atoms with van der Waals surface area (Å²) in [4.78, 5) is 17.4. The molecular weight excluding hydrogens is 370 g/mol. The van der Waals surface area contributed by atoms with Crippen LogP contribution in [-0.2, 0) is 15.1 Å². The first-order valence-electron chi connectivity index (χ1n) is 9.04. The average molecular weight is 387 g/mol. The van der Waals surface area contributed by atoms with Crippen LogP contribution >= 0.6 is 0 Å². The number of hydrogen-bond donors (Lipinski definition) is 0. The number of aromatic nitrogens is 5. The summed E-state index contributed by atoms with van der Waals surface area (Å²) in [5.74, 6) is 0.650. The van der Waals surface area contributed by atoms with E-state index in [4.69, 9.17) is 9.15 Å². The van der Waals surface area contributed by atoms with E-state index in [2.05, 4.69) is 15.2 Å². The minimum absolute atomic E-state index is 0.412. The molecule has 29 heavy (non-hydrogen) atoms. The molecule has 0 spiro atoms. The lowest BCUT2D eigenvalue weighted by atomic mass is 9.92. The maximum atomic E-state index is 12.8. The number of benzene rings is 1. The molecule has 8 nitrogen and oxygen atoms in total. The predicted octanol–water partition coefficient (Wildman–Crippen LogP) is 3.28. The minimum atomic E-state index is -1.13. The maximum absolute atomic E-state index is 12.8. The van der Waals surface area contributed by atoms with Crippen LogP contribution in [0.4, 0.5) is 0 Å². The molecule has 0 bridgehead atoms. The first-order valence-corrected chi connectivity index (χ1v) is 9.04. The number of ether oxygens (including phenoxy) is 1. The highest BCUT2D eigenvalue weighted by molar-refractivity contribution is 5.92. The van der Waals surface area contributed by atoms with Crippen molar-refractivity contribution in [2.24, 2.45) is 0 Å². The zero-order valence-electron chi connectivity index (χ0n) is 15.8. The largest absolute Gasteiger partial charge is 0.467 e. The molecule has 0 aliphatic carbocycles. The molecule has 4 aromatic heterocycles. The van der Waals surface area contributed by atoms with E-state index in [0.717, 1.165) is 10.9 Å². The fraction of sp³-hybridized carbons (Fsp3) is 0.143. The molecule has 1 unspecified atom stereocenters. The van der Waals surface area contributed by atoms with E-state index in [9.17, 15) is 4.79 Å². The second kappa shape index (κ2) is 6.30. The van der Waals surface area contributed by atoms with Gasteiger partial charge >= 0.3 is 5.97 Å². The van der Waals surface area contributed by atoms with Gasteiger partial charge in [0.25, 0.3) is 0 Å². The molecule has 0 radical (unpaired) electrons. The second-order valence-electron chi connectivity index (χ2n) is 6.80. The van der Waals surface area contributed by atoms with Crippen LogP contribution in [0.15, 0.2) is 71.6 Å². The smallest absolute Gasteiger partial charge is 0.338 e. The molecule has 4 heterocycles. The van der Waals surface area contributed by atoms with Gasteiger partial charge in [0, 0.05) is 12.4 Å². The van der Waals surface area contributed by atoms with Crippen molar-refractivity contribution >= 4 is 22.5 Å². The van der Waals surface area contributed by atoms with Crippen molar-refractivity contribution in [1.82, 2.24) is 24.4 Å². The fourth-order valence-corrected chi connectivity index (χ4v) is 3.48. The molecule has 0 aliphatic heterocycles. The Morgan fingerprint density at radius 3 is 2.66 bits per heavy atom. The van der Waals surface area contributed by atoms with E-state index in [1.165, 1.54) is 7.11 Å². The lowest BCUT2D eigenvalue weighted by Crippen LogP contribution is -2.41. The average Bonchev–Trinajstić information content (AvgIpc) is 3.50. The number of carbonyl (C=O) groups is 1. The van der Waals surface area contributed by atoms with Gasteiger partial charge in [-0.05, 0) is 30.7 Å². The highest BCUT2D eigenvalue weighted by Crippen LogP contribution is 2.30. The van der Waals surface area contributed by atoms with Crippen molar-refractivity contribution in [2.75, 3.05) is 7.11 Å². The molecular formula is C21H17N5O3. The second-order valence-corrected chi connectivity index (χ2v) is 6.80. The van der Waals surface area contributed by atoms with Crippen molar-refractivity contribution < 1.29 is 13.9 Å². The molecule has 5 aromatic rings. The van der Waals surface area contributed by atoms with E-state index in [0.29, 0.717) is 22.7 Å². The molecule has 0 saturated heterocycles. The molecule has 1 atom stereocenters. The van der Waals surface area contributed by atoms with Crippen LogP contribution in [0.25, 0.3) is 28.1 Å². The Kier molecular flexibility index (Phi) is 3.73. The zero-order valence-corrected chi connectivity index (χ0v) is 15.8. The summed E-state index contributed by atoms with van der Waals surface area (Å²) in [6.45, 7) is 1.79. The van der Waals surface area contributed by atoms with Gasteiger partial charge in [-0.25, -0.2) is 19.0 Å². The van der Waals surface area contributed by atoms with E-state index in [1.807, 2.05) is 36.4 Å². The van der Waals surface area contributed by atoms with Gasteiger partial charge in [-0.1, -0.05) is 30.3 Å². The third-order valence-corrected chi connectivity index (χ3v) is 5.11. The van der Waals surface area contributed by atoms with Gasteiger partial charge in [-0.2, -0.15) is 5.10 Å². The number of pyridine rings is 1. The van der Waals surface area contributed by atoms with Gasteiger partial charge in [-0.15, -0.1) is 5.10 Å².